The molecule has 2 aromatic rings. The topological polar surface area (TPSA) is 25.8 Å². The summed E-state index contributed by atoms with van der Waals surface area (Å²) >= 11 is 0. The van der Waals surface area contributed by atoms with Gasteiger partial charge < -0.3 is 0 Å². The zero-order chi connectivity index (χ0) is 13.1. The minimum absolute atomic E-state index is 0.658. The lowest BCUT2D eigenvalue weighted by molar-refractivity contribution is 0.450. The van der Waals surface area contributed by atoms with Crippen LogP contribution in [0, 0.1) is 6.92 Å². The number of hydrogen-bond acceptors (Lipinski definition) is 2. The van der Waals surface area contributed by atoms with Crippen molar-refractivity contribution < 1.29 is 0 Å². The van der Waals surface area contributed by atoms with Gasteiger partial charge in [-0.3, -0.25) is 9.97 Å². The van der Waals surface area contributed by atoms with E-state index in [0.29, 0.717) is 5.92 Å². The fourth-order valence-corrected chi connectivity index (χ4v) is 3.11. The Morgan fingerprint density at radius 3 is 2.21 bits per heavy atom. The Bertz CT molecular complexity index is 554. The minimum Gasteiger partial charge on any atom is -0.251 e. The van der Waals surface area contributed by atoms with E-state index in [4.69, 9.17) is 4.98 Å². The second-order valence-electron chi connectivity index (χ2n) is 5.77. The van der Waals surface area contributed by atoms with Gasteiger partial charge in [-0.2, -0.15) is 0 Å². The highest BCUT2D eigenvalue weighted by molar-refractivity contribution is 5.74. The molecule has 3 rings (SSSR count). The monoisotopic (exact) mass is 254 g/mol. The van der Waals surface area contributed by atoms with Crippen molar-refractivity contribution in [3.05, 3.63) is 35.7 Å². The van der Waals surface area contributed by atoms with Crippen molar-refractivity contribution in [2.45, 2.75) is 57.8 Å². The van der Waals surface area contributed by atoms with Gasteiger partial charge >= 0.3 is 0 Å². The number of rotatable bonds is 1. The maximum atomic E-state index is 4.85. The van der Waals surface area contributed by atoms with Gasteiger partial charge in [-0.25, -0.2) is 0 Å². The van der Waals surface area contributed by atoms with Gasteiger partial charge in [0.05, 0.1) is 11.0 Å². The van der Waals surface area contributed by atoms with Crippen molar-refractivity contribution in [3.63, 3.8) is 0 Å². The second kappa shape index (κ2) is 5.68. The maximum absolute atomic E-state index is 4.85. The summed E-state index contributed by atoms with van der Waals surface area (Å²) < 4.78 is 0. The molecule has 2 nitrogen and oxygen atoms in total. The molecule has 0 unspecified atom stereocenters. The number of aromatic nitrogens is 2. The van der Waals surface area contributed by atoms with Gasteiger partial charge in [0.25, 0.3) is 0 Å². The third-order valence-electron chi connectivity index (χ3n) is 4.23. The number of nitrogens with zero attached hydrogens (tertiary/aromatic N) is 2. The van der Waals surface area contributed by atoms with Gasteiger partial charge in [-0.1, -0.05) is 32.1 Å². The molecule has 0 aromatic carbocycles. The van der Waals surface area contributed by atoms with E-state index in [2.05, 4.69) is 29.2 Å². The minimum atomic E-state index is 0.658. The second-order valence-corrected chi connectivity index (χ2v) is 5.77. The molecule has 0 spiro atoms. The highest BCUT2D eigenvalue weighted by Gasteiger charge is 2.15. The van der Waals surface area contributed by atoms with E-state index in [1.807, 2.05) is 6.92 Å². The molecule has 100 valence electrons. The zero-order valence-corrected chi connectivity index (χ0v) is 11.7. The molecule has 1 aliphatic rings. The summed E-state index contributed by atoms with van der Waals surface area (Å²) in [5.74, 6) is 0.658. The molecule has 19 heavy (non-hydrogen) atoms. The van der Waals surface area contributed by atoms with Crippen LogP contribution in [0.15, 0.2) is 24.3 Å². The van der Waals surface area contributed by atoms with Crippen LogP contribution in [0.5, 0.6) is 0 Å². The van der Waals surface area contributed by atoms with Crippen LogP contribution in [0.2, 0.25) is 0 Å². The van der Waals surface area contributed by atoms with Crippen molar-refractivity contribution in [2.24, 2.45) is 0 Å². The normalized spacial score (nSPS) is 18.2. The lowest BCUT2D eigenvalue weighted by Gasteiger charge is -2.19. The van der Waals surface area contributed by atoms with Crippen LogP contribution in [0.25, 0.3) is 11.0 Å². The lowest BCUT2D eigenvalue weighted by Crippen LogP contribution is -2.04. The van der Waals surface area contributed by atoms with E-state index in [1.54, 1.807) is 0 Å². The van der Waals surface area contributed by atoms with Gasteiger partial charge in [0.15, 0.2) is 0 Å². The predicted molar refractivity (Wildman–Crippen MR) is 79.3 cm³/mol. The van der Waals surface area contributed by atoms with Gasteiger partial charge in [0.1, 0.15) is 0 Å². The van der Waals surface area contributed by atoms with Gasteiger partial charge in [0.2, 0.25) is 0 Å². The summed E-state index contributed by atoms with van der Waals surface area (Å²) in [5, 5.41) is 0. The third kappa shape index (κ3) is 2.94. The predicted octanol–water partition coefficient (Wildman–Crippen LogP) is 4.77. The van der Waals surface area contributed by atoms with E-state index in [9.17, 15) is 0 Å². The molecule has 2 aromatic heterocycles. The van der Waals surface area contributed by atoms with Crippen LogP contribution in [0.1, 0.15) is 62.3 Å². The molecule has 1 aliphatic carbocycles. The van der Waals surface area contributed by atoms with Crippen LogP contribution >= 0.6 is 0 Å². The van der Waals surface area contributed by atoms with Gasteiger partial charge in [-0.15, -0.1) is 0 Å². The Hall–Kier alpha value is -1.44. The summed E-state index contributed by atoms with van der Waals surface area (Å²) in [6.07, 6.45) is 9.53. The Morgan fingerprint density at radius 2 is 1.42 bits per heavy atom. The van der Waals surface area contributed by atoms with Gasteiger partial charge in [0, 0.05) is 17.3 Å². The molecule has 0 atom stereocenters. The van der Waals surface area contributed by atoms with Crippen molar-refractivity contribution in [1.82, 2.24) is 9.97 Å². The van der Waals surface area contributed by atoms with E-state index in [-0.39, 0.29) is 0 Å². The first kappa shape index (κ1) is 12.6. The lowest BCUT2D eigenvalue weighted by atomic mass is 9.88. The first-order valence-electron chi connectivity index (χ1n) is 7.57. The van der Waals surface area contributed by atoms with Crippen LogP contribution in [0.3, 0.4) is 0 Å². The first-order valence-corrected chi connectivity index (χ1v) is 7.57. The quantitative estimate of drug-likeness (QED) is 0.732. The van der Waals surface area contributed by atoms with Crippen molar-refractivity contribution in [3.8, 4) is 0 Å². The standard InChI is InChI=1S/C17H22N2/c1-13-9-10-17-16(18-13)12-11-15(19-17)14-7-5-3-2-4-6-8-14/h9-12,14H,2-8H2,1H3. The molecule has 2 heterocycles. The average Bonchev–Trinajstić information content (AvgIpc) is 2.38. The number of pyridine rings is 2. The largest absolute Gasteiger partial charge is 0.251 e. The summed E-state index contributed by atoms with van der Waals surface area (Å²) in [7, 11) is 0. The van der Waals surface area contributed by atoms with Crippen LogP contribution in [-0.2, 0) is 0 Å². The fourth-order valence-electron chi connectivity index (χ4n) is 3.11. The molecular weight excluding hydrogens is 232 g/mol. The molecule has 0 bridgehead atoms. The average molecular weight is 254 g/mol. The van der Waals surface area contributed by atoms with Crippen LogP contribution in [0.4, 0.5) is 0 Å². The summed E-state index contributed by atoms with van der Waals surface area (Å²) in [5.41, 5.74) is 4.41. The highest BCUT2D eigenvalue weighted by atomic mass is 14.8. The first-order chi connectivity index (χ1) is 9.33. The van der Waals surface area contributed by atoms with Crippen LogP contribution < -0.4 is 0 Å². The van der Waals surface area contributed by atoms with E-state index in [0.717, 1.165) is 16.7 Å². The smallest absolute Gasteiger partial charge is 0.0890 e. The summed E-state index contributed by atoms with van der Waals surface area (Å²) in [6.45, 7) is 2.03. The van der Waals surface area contributed by atoms with E-state index >= 15 is 0 Å². The van der Waals surface area contributed by atoms with Crippen molar-refractivity contribution in [2.75, 3.05) is 0 Å². The molecule has 0 N–H and O–H groups in total. The number of fused-ring (bicyclic) bond motifs is 1. The molecule has 0 saturated heterocycles. The highest BCUT2D eigenvalue weighted by Crippen LogP contribution is 2.30. The van der Waals surface area contributed by atoms with Crippen LogP contribution in [-0.4, -0.2) is 9.97 Å². The summed E-state index contributed by atoms with van der Waals surface area (Å²) in [6, 6.07) is 8.49. The molecule has 1 saturated carbocycles. The fraction of sp³-hybridized carbons (Fsp3) is 0.529. The maximum Gasteiger partial charge on any atom is 0.0890 e. The summed E-state index contributed by atoms with van der Waals surface area (Å²) in [4.78, 5) is 9.38. The Morgan fingerprint density at radius 1 is 0.789 bits per heavy atom. The number of aryl methyl sites for hydroxylation is 1. The molecular formula is C17H22N2. The van der Waals surface area contributed by atoms with Crippen molar-refractivity contribution >= 4 is 11.0 Å². The molecule has 0 aliphatic heterocycles. The SMILES string of the molecule is Cc1ccc2nc(C3CCCCCCC3)ccc2n1. The Labute approximate surface area is 115 Å². The van der Waals surface area contributed by atoms with Gasteiger partial charge in [-0.05, 0) is 44.0 Å². The molecule has 0 radical (unpaired) electrons. The third-order valence-corrected chi connectivity index (χ3v) is 4.23. The Balaban J connectivity index is 1.88. The van der Waals surface area contributed by atoms with Crippen molar-refractivity contribution in [1.29, 1.82) is 0 Å². The Kier molecular flexibility index (Phi) is 3.77. The van der Waals surface area contributed by atoms with E-state index in [1.165, 1.54) is 50.6 Å². The number of hydrogen-bond donors (Lipinski definition) is 0. The molecule has 1 fully saturated rings. The molecule has 2 heteroatoms. The van der Waals surface area contributed by atoms with E-state index < -0.39 is 0 Å². The molecule has 0 amide bonds. The zero-order valence-electron chi connectivity index (χ0n) is 11.7.